The van der Waals surface area contributed by atoms with Crippen LogP contribution in [0.3, 0.4) is 0 Å². The predicted molar refractivity (Wildman–Crippen MR) is 95.5 cm³/mol. The summed E-state index contributed by atoms with van der Waals surface area (Å²) in [5, 5.41) is 11.7. The molecule has 0 radical (unpaired) electrons. The van der Waals surface area contributed by atoms with Crippen LogP contribution in [0.25, 0.3) is 11.0 Å². The zero-order chi connectivity index (χ0) is 18.2. The van der Waals surface area contributed by atoms with E-state index in [0.717, 1.165) is 23.7 Å². The van der Waals surface area contributed by atoms with Gasteiger partial charge in [-0.15, -0.1) is 0 Å². The highest BCUT2D eigenvalue weighted by Gasteiger charge is 2.13. The summed E-state index contributed by atoms with van der Waals surface area (Å²) in [5.74, 6) is -0.860. The van der Waals surface area contributed by atoms with E-state index in [9.17, 15) is 14.4 Å². The van der Waals surface area contributed by atoms with Crippen molar-refractivity contribution in [1.29, 1.82) is 0 Å². The van der Waals surface area contributed by atoms with E-state index < -0.39 is 17.4 Å². The van der Waals surface area contributed by atoms with E-state index in [1.165, 1.54) is 6.07 Å². The van der Waals surface area contributed by atoms with Crippen LogP contribution in [0.4, 0.5) is 0 Å². The minimum atomic E-state index is -0.668. The third-order valence-corrected chi connectivity index (χ3v) is 4.18. The molecule has 3 N–H and O–H groups in total. The first-order chi connectivity index (χ1) is 12.0. The lowest BCUT2D eigenvalue weighted by Gasteiger charge is -2.05. The number of hydrogen-bond donors (Lipinski definition) is 3. The molecule has 0 saturated carbocycles. The Hall–Kier alpha value is -2.19. The number of carbonyl (C=O) groups is 2. The van der Waals surface area contributed by atoms with Crippen LogP contribution in [0.2, 0.25) is 0 Å². The number of carbonyl (C=O) groups excluding carboxylic acids is 2. The highest BCUT2D eigenvalue weighted by atomic mass is 79.9. The Morgan fingerprint density at radius 1 is 1.12 bits per heavy atom. The predicted octanol–water partition coefficient (Wildman–Crippen LogP) is 2.74. The number of halogens is 1. The van der Waals surface area contributed by atoms with Crippen molar-refractivity contribution < 1.29 is 19.2 Å². The second-order valence-electron chi connectivity index (χ2n) is 5.58. The molecule has 0 spiro atoms. The van der Waals surface area contributed by atoms with Crippen LogP contribution in [0.1, 0.15) is 42.5 Å². The maximum atomic E-state index is 12.1. The molecule has 0 aliphatic heterocycles. The van der Waals surface area contributed by atoms with Crippen LogP contribution in [-0.2, 0) is 4.79 Å². The highest BCUT2D eigenvalue weighted by molar-refractivity contribution is 9.10. The Balaban J connectivity index is 1.82. The van der Waals surface area contributed by atoms with Gasteiger partial charge in [-0.05, 0) is 31.0 Å². The molecule has 0 fully saturated rings. The standard InChI is InChI=1S/C17H19BrN2O5/c18-12-7-6-11-9-13(17(23)25-14(11)10-12)16(22)19-8-4-2-1-3-5-15(21)20-24/h6-7,9-10,24H,1-5,8H2,(H,19,22)(H,20,21). The number of fused-ring (bicyclic) bond motifs is 1. The summed E-state index contributed by atoms with van der Waals surface area (Å²) in [7, 11) is 0. The van der Waals surface area contributed by atoms with Crippen molar-refractivity contribution in [2.75, 3.05) is 6.54 Å². The number of nitrogens with one attached hydrogen (secondary N) is 2. The zero-order valence-corrected chi connectivity index (χ0v) is 15.1. The third kappa shape index (κ3) is 5.68. The lowest BCUT2D eigenvalue weighted by atomic mass is 10.1. The van der Waals surface area contributed by atoms with Crippen LogP contribution in [0.5, 0.6) is 0 Å². The quantitative estimate of drug-likeness (QED) is 0.268. The van der Waals surface area contributed by atoms with E-state index in [2.05, 4.69) is 21.2 Å². The monoisotopic (exact) mass is 410 g/mol. The Morgan fingerprint density at radius 3 is 2.64 bits per heavy atom. The van der Waals surface area contributed by atoms with E-state index in [0.29, 0.717) is 23.9 Å². The number of unbranched alkanes of at least 4 members (excludes halogenated alkanes) is 3. The highest BCUT2D eigenvalue weighted by Crippen LogP contribution is 2.19. The van der Waals surface area contributed by atoms with Crippen molar-refractivity contribution in [2.45, 2.75) is 32.1 Å². The van der Waals surface area contributed by atoms with Gasteiger partial charge in [0.15, 0.2) is 0 Å². The number of hydroxylamine groups is 1. The summed E-state index contributed by atoms with van der Waals surface area (Å²) < 4.78 is 5.97. The molecule has 0 saturated heterocycles. The topological polar surface area (TPSA) is 109 Å². The molecule has 2 amide bonds. The molecule has 0 atom stereocenters. The number of hydrogen-bond acceptors (Lipinski definition) is 5. The molecular weight excluding hydrogens is 392 g/mol. The minimum absolute atomic E-state index is 0.0190. The number of rotatable bonds is 8. The Morgan fingerprint density at radius 2 is 1.88 bits per heavy atom. The number of benzene rings is 1. The van der Waals surface area contributed by atoms with Crippen molar-refractivity contribution in [3.05, 3.63) is 44.7 Å². The van der Waals surface area contributed by atoms with E-state index in [-0.39, 0.29) is 12.0 Å². The largest absolute Gasteiger partial charge is 0.422 e. The van der Waals surface area contributed by atoms with Crippen molar-refractivity contribution in [3.8, 4) is 0 Å². The van der Waals surface area contributed by atoms with E-state index in [1.807, 2.05) is 0 Å². The second kappa shape index (κ2) is 9.33. The first kappa shape index (κ1) is 19.1. The minimum Gasteiger partial charge on any atom is -0.422 e. The van der Waals surface area contributed by atoms with E-state index >= 15 is 0 Å². The summed E-state index contributed by atoms with van der Waals surface area (Å²) in [5.41, 5.74) is 1.32. The van der Waals surface area contributed by atoms with Gasteiger partial charge in [0.25, 0.3) is 5.91 Å². The average Bonchev–Trinajstić information content (AvgIpc) is 2.59. The SMILES string of the molecule is O=C(CCCCCCNC(=O)c1cc2ccc(Br)cc2oc1=O)NO. The molecular formula is C17H19BrN2O5. The first-order valence-electron chi connectivity index (χ1n) is 7.96. The Kier molecular flexibility index (Phi) is 7.15. The average molecular weight is 411 g/mol. The fourth-order valence-electron chi connectivity index (χ4n) is 2.36. The molecule has 0 bridgehead atoms. The molecule has 0 unspecified atom stereocenters. The van der Waals surface area contributed by atoms with Gasteiger partial charge >= 0.3 is 5.63 Å². The van der Waals surface area contributed by atoms with Gasteiger partial charge < -0.3 is 9.73 Å². The van der Waals surface area contributed by atoms with Crippen molar-refractivity contribution >= 4 is 38.7 Å². The molecule has 2 rings (SSSR count). The van der Waals surface area contributed by atoms with Crippen LogP contribution in [-0.4, -0.2) is 23.6 Å². The molecule has 8 heteroatoms. The molecule has 0 aliphatic rings. The molecule has 25 heavy (non-hydrogen) atoms. The Labute approximate surface area is 152 Å². The van der Waals surface area contributed by atoms with Gasteiger partial charge in [-0.25, -0.2) is 10.3 Å². The summed E-state index contributed by atoms with van der Waals surface area (Å²) in [6, 6.07) is 6.77. The van der Waals surface area contributed by atoms with Gasteiger partial charge in [-0.3, -0.25) is 14.8 Å². The fourth-order valence-corrected chi connectivity index (χ4v) is 2.70. The second-order valence-corrected chi connectivity index (χ2v) is 6.50. The number of amides is 2. The maximum Gasteiger partial charge on any atom is 0.349 e. The molecule has 1 heterocycles. The van der Waals surface area contributed by atoms with Crippen LogP contribution in [0.15, 0.2) is 37.9 Å². The van der Waals surface area contributed by atoms with Gasteiger partial charge in [0.1, 0.15) is 11.1 Å². The van der Waals surface area contributed by atoms with E-state index in [4.69, 9.17) is 9.62 Å². The summed E-state index contributed by atoms with van der Waals surface area (Å²) >= 11 is 3.30. The van der Waals surface area contributed by atoms with Gasteiger partial charge in [0.05, 0.1) is 0 Å². The van der Waals surface area contributed by atoms with Crippen LogP contribution in [0, 0.1) is 0 Å². The molecule has 2 aromatic rings. The molecule has 1 aromatic carbocycles. The summed E-state index contributed by atoms with van der Waals surface area (Å²) in [6.45, 7) is 0.433. The summed E-state index contributed by atoms with van der Waals surface area (Å²) in [6.07, 6.45) is 3.33. The zero-order valence-electron chi connectivity index (χ0n) is 13.5. The van der Waals surface area contributed by atoms with Gasteiger partial charge in [0, 0.05) is 22.8 Å². The molecule has 1 aromatic heterocycles. The van der Waals surface area contributed by atoms with Gasteiger partial charge in [-0.1, -0.05) is 34.8 Å². The first-order valence-corrected chi connectivity index (χ1v) is 8.75. The van der Waals surface area contributed by atoms with Gasteiger partial charge in [0.2, 0.25) is 5.91 Å². The van der Waals surface area contributed by atoms with Crippen LogP contribution >= 0.6 is 15.9 Å². The lowest BCUT2D eigenvalue weighted by Crippen LogP contribution is -2.29. The fraction of sp³-hybridized carbons (Fsp3) is 0.353. The van der Waals surface area contributed by atoms with Crippen molar-refractivity contribution in [2.24, 2.45) is 0 Å². The van der Waals surface area contributed by atoms with E-state index in [1.54, 1.807) is 23.7 Å². The Bertz CT molecular complexity index is 818. The third-order valence-electron chi connectivity index (χ3n) is 3.68. The summed E-state index contributed by atoms with van der Waals surface area (Å²) in [4.78, 5) is 34.9. The van der Waals surface area contributed by atoms with Crippen molar-refractivity contribution in [1.82, 2.24) is 10.8 Å². The lowest BCUT2D eigenvalue weighted by molar-refractivity contribution is -0.129. The molecule has 7 nitrogen and oxygen atoms in total. The smallest absolute Gasteiger partial charge is 0.349 e. The maximum absolute atomic E-state index is 12.1. The molecule has 134 valence electrons. The van der Waals surface area contributed by atoms with Gasteiger partial charge in [-0.2, -0.15) is 0 Å². The molecule has 0 aliphatic carbocycles. The normalized spacial score (nSPS) is 10.6. The van der Waals surface area contributed by atoms with Crippen molar-refractivity contribution in [3.63, 3.8) is 0 Å². The van der Waals surface area contributed by atoms with Crippen LogP contribution < -0.4 is 16.4 Å².